The molecule has 0 saturated carbocycles. The number of rotatable bonds is 5. The zero-order chi connectivity index (χ0) is 13.9. The second kappa shape index (κ2) is 7.56. The van der Waals surface area contributed by atoms with E-state index in [9.17, 15) is 4.79 Å². The molecule has 0 bridgehead atoms. The Hall–Kier alpha value is -1.00. The third kappa shape index (κ3) is 3.98. The molecule has 1 aromatic heterocycles. The molecule has 110 valence electrons. The first-order chi connectivity index (χ1) is 8.40. The van der Waals surface area contributed by atoms with E-state index in [1.165, 1.54) is 0 Å². The molecular weight excluding hydrogens is 262 g/mol. The van der Waals surface area contributed by atoms with Crippen LogP contribution in [0.1, 0.15) is 41.6 Å². The second-order valence-corrected chi connectivity index (χ2v) is 5.08. The van der Waals surface area contributed by atoms with E-state index in [0.29, 0.717) is 6.04 Å². The van der Waals surface area contributed by atoms with E-state index in [-0.39, 0.29) is 18.3 Å². The predicted molar refractivity (Wildman–Crippen MR) is 82.4 cm³/mol. The minimum atomic E-state index is 0. The van der Waals surface area contributed by atoms with Gasteiger partial charge in [-0.2, -0.15) is 0 Å². The Kier molecular flexibility index (Phi) is 7.16. The van der Waals surface area contributed by atoms with E-state index >= 15 is 0 Å². The van der Waals surface area contributed by atoms with Crippen LogP contribution in [0.2, 0.25) is 0 Å². The van der Waals surface area contributed by atoms with E-state index < -0.39 is 0 Å². The molecule has 0 aromatic carbocycles. The fraction of sp³-hybridized carbons (Fsp3) is 0.643. The first kappa shape index (κ1) is 18.0. The summed E-state index contributed by atoms with van der Waals surface area (Å²) in [4.78, 5) is 14.1. The molecule has 0 aliphatic carbocycles. The Balaban J connectivity index is 0.00000324. The van der Waals surface area contributed by atoms with Crippen molar-refractivity contribution in [3.05, 3.63) is 23.0 Å². The maximum absolute atomic E-state index is 12.3. The maximum atomic E-state index is 12.3. The monoisotopic (exact) mass is 287 g/mol. The zero-order valence-electron chi connectivity index (χ0n) is 12.8. The first-order valence-corrected chi connectivity index (χ1v) is 6.48. The molecule has 0 atom stereocenters. The van der Waals surface area contributed by atoms with Crippen molar-refractivity contribution in [3.63, 3.8) is 0 Å². The van der Waals surface area contributed by atoms with E-state index in [0.717, 1.165) is 30.0 Å². The molecule has 1 amide bonds. The number of halogens is 1. The van der Waals surface area contributed by atoms with Gasteiger partial charge in [0.2, 0.25) is 0 Å². The molecule has 0 aliphatic rings. The van der Waals surface area contributed by atoms with Gasteiger partial charge in [-0.15, -0.1) is 12.4 Å². The summed E-state index contributed by atoms with van der Waals surface area (Å²) in [6.45, 7) is 9.88. The van der Waals surface area contributed by atoms with Crippen molar-refractivity contribution in [2.75, 3.05) is 27.2 Å². The van der Waals surface area contributed by atoms with Gasteiger partial charge in [0.1, 0.15) is 0 Å². The second-order valence-electron chi connectivity index (χ2n) is 5.08. The summed E-state index contributed by atoms with van der Waals surface area (Å²) in [6, 6.07) is 2.38. The average Bonchev–Trinajstić information content (AvgIpc) is 2.60. The lowest BCUT2D eigenvalue weighted by molar-refractivity contribution is 0.0796. The lowest BCUT2D eigenvalue weighted by atomic mass is 10.2. The predicted octanol–water partition coefficient (Wildman–Crippen LogP) is 2.40. The summed E-state index contributed by atoms with van der Waals surface area (Å²) in [5, 5.41) is 3.06. The maximum Gasteiger partial charge on any atom is 0.255 e. The van der Waals surface area contributed by atoms with Gasteiger partial charge in [0.25, 0.3) is 5.91 Å². The van der Waals surface area contributed by atoms with Crippen LogP contribution in [-0.2, 0) is 0 Å². The normalized spacial score (nSPS) is 10.5. The van der Waals surface area contributed by atoms with Crippen LogP contribution in [0.15, 0.2) is 6.07 Å². The van der Waals surface area contributed by atoms with Crippen LogP contribution < -0.4 is 5.32 Å². The summed E-state index contributed by atoms with van der Waals surface area (Å²) >= 11 is 0. The van der Waals surface area contributed by atoms with E-state index in [1.807, 2.05) is 27.1 Å². The molecule has 0 radical (unpaired) electrons. The zero-order valence-corrected chi connectivity index (χ0v) is 13.6. The van der Waals surface area contributed by atoms with Gasteiger partial charge in [-0.05, 0) is 40.8 Å². The van der Waals surface area contributed by atoms with E-state index in [2.05, 4.69) is 30.7 Å². The van der Waals surface area contributed by atoms with Gasteiger partial charge < -0.3 is 14.8 Å². The largest absolute Gasteiger partial charge is 0.346 e. The number of hydrogen-bond donors (Lipinski definition) is 1. The minimum absolute atomic E-state index is 0. The number of nitrogens with one attached hydrogen (secondary N) is 1. The Labute approximate surface area is 122 Å². The van der Waals surface area contributed by atoms with Gasteiger partial charge in [-0.3, -0.25) is 4.79 Å². The average molecular weight is 288 g/mol. The number of hydrogen-bond acceptors (Lipinski definition) is 2. The summed E-state index contributed by atoms with van der Waals surface area (Å²) in [5.41, 5.74) is 3.02. The van der Waals surface area contributed by atoms with Gasteiger partial charge in [0.05, 0.1) is 5.56 Å². The molecule has 0 saturated heterocycles. The molecule has 1 N–H and O–H groups in total. The van der Waals surface area contributed by atoms with E-state index in [1.54, 1.807) is 4.90 Å². The number of amides is 1. The van der Waals surface area contributed by atoms with Crippen molar-refractivity contribution in [1.82, 2.24) is 14.8 Å². The number of likely N-dealkylation sites (N-methyl/N-ethyl adjacent to an activating group) is 2. The van der Waals surface area contributed by atoms with Gasteiger partial charge in [-0.25, -0.2) is 0 Å². The Morgan fingerprint density at radius 2 is 2.00 bits per heavy atom. The van der Waals surface area contributed by atoms with Crippen LogP contribution in [0, 0.1) is 13.8 Å². The van der Waals surface area contributed by atoms with E-state index in [4.69, 9.17) is 0 Å². The smallest absolute Gasteiger partial charge is 0.255 e. The SMILES string of the molecule is CNCCN(C)C(=O)c1cc(C)n(C(C)C)c1C.Cl. The number of aryl methyl sites for hydroxylation is 1. The number of carbonyl (C=O) groups is 1. The molecule has 0 unspecified atom stereocenters. The van der Waals surface area contributed by atoms with Crippen molar-refractivity contribution in [2.45, 2.75) is 33.7 Å². The third-order valence-corrected chi connectivity index (χ3v) is 3.28. The van der Waals surface area contributed by atoms with Crippen molar-refractivity contribution in [1.29, 1.82) is 0 Å². The van der Waals surface area contributed by atoms with Crippen LogP contribution in [0.25, 0.3) is 0 Å². The summed E-state index contributed by atoms with van der Waals surface area (Å²) in [6.07, 6.45) is 0. The highest BCUT2D eigenvalue weighted by molar-refractivity contribution is 5.95. The van der Waals surface area contributed by atoms with Crippen molar-refractivity contribution in [3.8, 4) is 0 Å². The molecule has 1 heterocycles. The molecule has 1 aromatic rings. The van der Waals surface area contributed by atoms with Crippen LogP contribution in [0.3, 0.4) is 0 Å². The van der Waals surface area contributed by atoms with Gasteiger partial charge in [-0.1, -0.05) is 0 Å². The fourth-order valence-electron chi connectivity index (χ4n) is 2.37. The molecule has 0 fully saturated rings. The summed E-state index contributed by atoms with van der Waals surface area (Å²) < 4.78 is 2.21. The van der Waals surface area contributed by atoms with Crippen molar-refractivity contribution >= 4 is 18.3 Å². The Bertz CT molecular complexity index is 427. The Morgan fingerprint density at radius 1 is 1.42 bits per heavy atom. The molecular formula is C14H26ClN3O. The lowest BCUT2D eigenvalue weighted by Gasteiger charge is -2.18. The summed E-state index contributed by atoms with van der Waals surface area (Å²) in [5.74, 6) is 0.102. The molecule has 5 heteroatoms. The van der Waals surface area contributed by atoms with Gasteiger partial charge >= 0.3 is 0 Å². The summed E-state index contributed by atoms with van der Waals surface area (Å²) in [7, 11) is 3.74. The first-order valence-electron chi connectivity index (χ1n) is 6.48. The van der Waals surface area contributed by atoms with Crippen molar-refractivity contribution in [2.24, 2.45) is 0 Å². The standard InChI is InChI=1S/C14H25N3O.ClH/c1-10(2)17-11(3)9-13(12(17)4)14(18)16(6)8-7-15-5;/h9-10,15H,7-8H2,1-6H3;1H. The molecule has 19 heavy (non-hydrogen) atoms. The van der Waals surface area contributed by atoms with Gasteiger partial charge in [0, 0.05) is 37.6 Å². The number of carbonyl (C=O) groups excluding carboxylic acids is 1. The highest BCUT2D eigenvalue weighted by atomic mass is 35.5. The van der Waals surface area contributed by atoms with Crippen LogP contribution >= 0.6 is 12.4 Å². The highest BCUT2D eigenvalue weighted by Gasteiger charge is 2.19. The molecule has 1 rings (SSSR count). The molecule has 0 aliphatic heterocycles. The fourth-order valence-corrected chi connectivity index (χ4v) is 2.37. The highest BCUT2D eigenvalue weighted by Crippen LogP contribution is 2.21. The number of aromatic nitrogens is 1. The topological polar surface area (TPSA) is 37.3 Å². The quantitative estimate of drug-likeness (QED) is 0.903. The van der Waals surface area contributed by atoms with Gasteiger partial charge in [0.15, 0.2) is 0 Å². The third-order valence-electron chi connectivity index (χ3n) is 3.28. The van der Waals surface area contributed by atoms with Crippen LogP contribution in [0.4, 0.5) is 0 Å². The van der Waals surface area contributed by atoms with Crippen molar-refractivity contribution < 1.29 is 4.79 Å². The lowest BCUT2D eigenvalue weighted by Crippen LogP contribution is -2.33. The van der Waals surface area contributed by atoms with Crippen LogP contribution in [0.5, 0.6) is 0 Å². The molecule has 4 nitrogen and oxygen atoms in total. The molecule has 0 spiro atoms. The Morgan fingerprint density at radius 3 is 2.42 bits per heavy atom. The number of nitrogens with zero attached hydrogens (tertiary/aromatic N) is 2. The van der Waals surface area contributed by atoms with Crippen LogP contribution in [-0.4, -0.2) is 42.6 Å². The minimum Gasteiger partial charge on any atom is -0.346 e.